The van der Waals surface area contributed by atoms with Crippen molar-refractivity contribution in [2.75, 3.05) is 0 Å². The van der Waals surface area contributed by atoms with Crippen molar-refractivity contribution in [3.63, 3.8) is 0 Å². The van der Waals surface area contributed by atoms with Crippen LogP contribution in [0.25, 0.3) is 5.69 Å². The van der Waals surface area contributed by atoms with E-state index < -0.39 is 0 Å². The lowest BCUT2D eigenvalue weighted by atomic mass is 9.79. The molecule has 104 valence electrons. The second-order valence-corrected chi connectivity index (χ2v) is 5.88. The molecule has 1 heterocycles. The number of Topliss-reactive ketones (excluding diaryl/α,β-unsaturated/α-hetero) is 1. The molecule has 0 bridgehead atoms. The molecule has 1 aliphatic carbocycles. The van der Waals surface area contributed by atoms with Gasteiger partial charge in [0.2, 0.25) is 0 Å². The first-order valence-electron chi connectivity index (χ1n) is 7.34. The largest absolute Gasteiger partial charge is 0.299 e. The smallest absolute Gasteiger partial charge is 0.136 e. The van der Waals surface area contributed by atoms with Gasteiger partial charge in [-0.05, 0) is 42.9 Å². The maximum absolute atomic E-state index is 12.0. The molecular weight excluding hydrogens is 248 g/mol. The Balaban J connectivity index is 1.73. The number of benzene rings is 1. The van der Waals surface area contributed by atoms with E-state index in [1.807, 2.05) is 47.4 Å². The number of rotatable bonds is 3. The lowest BCUT2D eigenvalue weighted by Gasteiger charge is -2.25. The fraction of sp³-hybridized carbons (Fsp3) is 0.412. The van der Waals surface area contributed by atoms with Crippen LogP contribution in [0.1, 0.15) is 31.7 Å². The Hall–Kier alpha value is -1.90. The van der Waals surface area contributed by atoms with Crippen molar-refractivity contribution in [3.8, 4) is 5.69 Å². The number of carbonyl (C=O) groups excluding carboxylic acids is 1. The molecule has 0 aliphatic heterocycles. The Labute approximate surface area is 119 Å². The van der Waals surface area contributed by atoms with E-state index in [-0.39, 0.29) is 5.92 Å². The summed E-state index contributed by atoms with van der Waals surface area (Å²) in [6.45, 7) is 2.24. The van der Waals surface area contributed by atoms with Gasteiger partial charge in [0.1, 0.15) is 5.78 Å². The molecule has 1 aromatic carbocycles. The number of hydrogen-bond donors (Lipinski definition) is 0. The second-order valence-electron chi connectivity index (χ2n) is 5.88. The summed E-state index contributed by atoms with van der Waals surface area (Å²) in [6, 6.07) is 10.1. The van der Waals surface area contributed by atoms with E-state index in [9.17, 15) is 4.79 Å². The Morgan fingerprint density at radius 2 is 2.10 bits per heavy atom. The Kier molecular flexibility index (Phi) is 3.68. The van der Waals surface area contributed by atoms with Gasteiger partial charge in [0.05, 0.1) is 11.9 Å². The SMILES string of the molecule is CC1CCC(=O)C(Cc2cnn(-c3ccccc3)c2)C1. The van der Waals surface area contributed by atoms with Gasteiger partial charge >= 0.3 is 0 Å². The van der Waals surface area contributed by atoms with Crippen LogP contribution in [0.15, 0.2) is 42.7 Å². The van der Waals surface area contributed by atoms with Gasteiger partial charge in [0, 0.05) is 18.5 Å². The maximum atomic E-state index is 12.0. The number of hydrogen-bond acceptors (Lipinski definition) is 2. The molecular formula is C17H20N2O. The average molecular weight is 268 g/mol. The summed E-state index contributed by atoms with van der Waals surface area (Å²) in [7, 11) is 0. The molecule has 0 amide bonds. The van der Waals surface area contributed by atoms with Crippen LogP contribution in [0.2, 0.25) is 0 Å². The molecule has 2 aromatic rings. The highest BCUT2D eigenvalue weighted by Gasteiger charge is 2.26. The van der Waals surface area contributed by atoms with E-state index in [2.05, 4.69) is 12.0 Å². The third-order valence-electron chi connectivity index (χ3n) is 4.16. The van der Waals surface area contributed by atoms with Gasteiger partial charge in [-0.3, -0.25) is 4.79 Å². The van der Waals surface area contributed by atoms with Crippen LogP contribution in [0.3, 0.4) is 0 Å². The van der Waals surface area contributed by atoms with Gasteiger partial charge in [-0.15, -0.1) is 0 Å². The number of carbonyl (C=O) groups is 1. The maximum Gasteiger partial charge on any atom is 0.136 e. The molecule has 1 fully saturated rings. The minimum absolute atomic E-state index is 0.187. The Morgan fingerprint density at radius 1 is 1.30 bits per heavy atom. The fourth-order valence-electron chi connectivity index (χ4n) is 3.00. The van der Waals surface area contributed by atoms with E-state index in [0.717, 1.165) is 36.9 Å². The highest BCUT2D eigenvalue weighted by Crippen LogP contribution is 2.28. The van der Waals surface area contributed by atoms with Crippen molar-refractivity contribution in [3.05, 3.63) is 48.3 Å². The molecule has 3 heteroatoms. The van der Waals surface area contributed by atoms with Crippen molar-refractivity contribution in [2.24, 2.45) is 11.8 Å². The first kappa shape index (κ1) is 13.1. The third-order valence-corrected chi connectivity index (χ3v) is 4.16. The van der Waals surface area contributed by atoms with Crippen LogP contribution in [0.5, 0.6) is 0 Å². The van der Waals surface area contributed by atoms with Crippen LogP contribution < -0.4 is 0 Å². The molecule has 20 heavy (non-hydrogen) atoms. The van der Waals surface area contributed by atoms with Crippen molar-refractivity contribution in [1.29, 1.82) is 0 Å². The van der Waals surface area contributed by atoms with Gasteiger partial charge < -0.3 is 0 Å². The number of aromatic nitrogens is 2. The monoisotopic (exact) mass is 268 g/mol. The van der Waals surface area contributed by atoms with Crippen LogP contribution in [0.4, 0.5) is 0 Å². The minimum Gasteiger partial charge on any atom is -0.299 e. The highest BCUT2D eigenvalue weighted by atomic mass is 16.1. The summed E-state index contributed by atoms with van der Waals surface area (Å²) in [4.78, 5) is 12.0. The summed E-state index contributed by atoms with van der Waals surface area (Å²) >= 11 is 0. The zero-order chi connectivity index (χ0) is 13.9. The lowest BCUT2D eigenvalue weighted by Crippen LogP contribution is -2.25. The minimum atomic E-state index is 0.187. The molecule has 1 aromatic heterocycles. The molecule has 2 atom stereocenters. The third kappa shape index (κ3) is 2.82. The highest BCUT2D eigenvalue weighted by molar-refractivity contribution is 5.82. The van der Waals surface area contributed by atoms with Gasteiger partial charge in [0.25, 0.3) is 0 Å². The molecule has 0 saturated heterocycles. The zero-order valence-corrected chi connectivity index (χ0v) is 11.8. The quantitative estimate of drug-likeness (QED) is 0.855. The van der Waals surface area contributed by atoms with Crippen LogP contribution >= 0.6 is 0 Å². The van der Waals surface area contributed by atoms with E-state index in [1.165, 1.54) is 0 Å². The van der Waals surface area contributed by atoms with Crippen molar-refractivity contribution in [2.45, 2.75) is 32.6 Å². The van der Waals surface area contributed by atoms with E-state index in [1.54, 1.807) is 0 Å². The van der Waals surface area contributed by atoms with Crippen molar-refractivity contribution >= 4 is 5.78 Å². The number of nitrogens with zero attached hydrogens (tertiary/aromatic N) is 2. The topological polar surface area (TPSA) is 34.9 Å². The number of ketones is 1. The molecule has 3 rings (SSSR count). The zero-order valence-electron chi connectivity index (χ0n) is 11.8. The predicted molar refractivity (Wildman–Crippen MR) is 78.8 cm³/mol. The summed E-state index contributed by atoms with van der Waals surface area (Å²) in [5, 5.41) is 4.40. The number of para-hydroxylation sites is 1. The summed E-state index contributed by atoms with van der Waals surface area (Å²) in [5.74, 6) is 1.28. The average Bonchev–Trinajstić information content (AvgIpc) is 2.92. The van der Waals surface area contributed by atoms with Crippen molar-refractivity contribution < 1.29 is 4.79 Å². The standard InChI is InChI=1S/C17H20N2O/c1-13-7-8-17(20)15(9-13)10-14-11-18-19(12-14)16-5-3-2-4-6-16/h2-6,11-13,15H,7-10H2,1H3. The van der Waals surface area contributed by atoms with Gasteiger partial charge in [0.15, 0.2) is 0 Å². The van der Waals surface area contributed by atoms with E-state index >= 15 is 0 Å². The first-order valence-corrected chi connectivity index (χ1v) is 7.34. The van der Waals surface area contributed by atoms with E-state index in [4.69, 9.17) is 0 Å². The van der Waals surface area contributed by atoms with Crippen molar-refractivity contribution in [1.82, 2.24) is 9.78 Å². The van der Waals surface area contributed by atoms with Crippen LogP contribution in [-0.4, -0.2) is 15.6 Å². The first-order chi connectivity index (χ1) is 9.72. The van der Waals surface area contributed by atoms with Crippen LogP contribution in [0, 0.1) is 11.8 Å². The summed E-state index contributed by atoms with van der Waals surface area (Å²) in [5.41, 5.74) is 2.21. The molecule has 1 aliphatic rings. The predicted octanol–water partition coefficient (Wildman–Crippen LogP) is 3.42. The molecule has 0 spiro atoms. The fourth-order valence-corrected chi connectivity index (χ4v) is 3.00. The summed E-state index contributed by atoms with van der Waals surface area (Å²) in [6.07, 6.45) is 7.59. The Bertz CT molecular complexity index is 588. The van der Waals surface area contributed by atoms with Gasteiger partial charge in [-0.25, -0.2) is 4.68 Å². The molecule has 0 radical (unpaired) electrons. The normalized spacial score (nSPS) is 22.9. The summed E-state index contributed by atoms with van der Waals surface area (Å²) < 4.78 is 1.88. The molecule has 0 N–H and O–H groups in total. The lowest BCUT2D eigenvalue weighted by molar-refractivity contribution is -0.125. The molecule has 2 unspecified atom stereocenters. The van der Waals surface area contributed by atoms with Gasteiger partial charge in [-0.2, -0.15) is 5.10 Å². The van der Waals surface area contributed by atoms with E-state index in [0.29, 0.717) is 11.7 Å². The van der Waals surface area contributed by atoms with Crippen LogP contribution in [-0.2, 0) is 11.2 Å². The molecule has 3 nitrogen and oxygen atoms in total. The van der Waals surface area contributed by atoms with Gasteiger partial charge in [-0.1, -0.05) is 25.1 Å². The molecule has 1 saturated carbocycles. The second kappa shape index (κ2) is 5.61. The Morgan fingerprint density at radius 3 is 2.90 bits per heavy atom.